The molecule has 1 aromatic heterocycles. The second-order valence-corrected chi connectivity index (χ2v) is 9.08. The van der Waals surface area contributed by atoms with Crippen molar-refractivity contribution in [1.82, 2.24) is 20.0 Å². The van der Waals surface area contributed by atoms with Gasteiger partial charge in [0.25, 0.3) is 5.91 Å². The van der Waals surface area contributed by atoms with Gasteiger partial charge in [-0.2, -0.15) is 5.10 Å². The number of nitrogens with zero attached hydrogens (tertiary/aromatic N) is 3. The van der Waals surface area contributed by atoms with E-state index in [1.54, 1.807) is 0 Å². The Bertz CT molecular complexity index is 1320. The van der Waals surface area contributed by atoms with E-state index in [1.807, 2.05) is 84.1 Å². The van der Waals surface area contributed by atoms with Crippen LogP contribution in [-0.2, 0) is 13.0 Å². The molecule has 0 aliphatic carbocycles. The van der Waals surface area contributed by atoms with Gasteiger partial charge in [0.05, 0.1) is 5.69 Å². The van der Waals surface area contributed by atoms with Crippen molar-refractivity contribution in [3.8, 4) is 22.6 Å². The molecular formula is C30H32N4O2. The molecule has 1 aliphatic rings. The maximum absolute atomic E-state index is 14.3. The maximum Gasteiger partial charge on any atom is 0.273 e. The zero-order valence-corrected chi connectivity index (χ0v) is 20.9. The molecule has 6 nitrogen and oxygen atoms in total. The summed E-state index contributed by atoms with van der Waals surface area (Å²) in [5.74, 6) is 1.48. The molecule has 1 fully saturated rings. The highest BCUT2D eigenvalue weighted by atomic mass is 16.5. The van der Waals surface area contributed by atoms with Crippen LogP contribution in [0.3, 0.4) is 0 Å². The van der Waals surface area contributed by atoms with E-state index in [4.69, 9.17) is 9.84 Å². The third kappa shape index (κ3) is 4.90. The number of carbonyl (C=O) groups excluding carboxylic acids is 1. The average molecular weight is 481 g/mol. The number of rotatable bonds is 7. The third-order valence-electron chi connectivity index (χ3n) is 6.68. The molecule has 4 aromatic rings. The molecule has 1 aliphatic heterocycles. The number of para-hydroxylation sites is 2. The lowest BCUT2D eigenvalue weighted by Gasteiger charge is -2.36. The largest absolute Gasteiger partial charge is 0.457 e. The second kappa shape index (κ2) is 10.8. The molecule has 0 radical (unpaired) electrons. The summed E-state index contributed by atoms with van der Waals surface area (Å²) in [6, 6.07) is 28.1. The first-order valence-corrected chi connectivity index (χ1v) is 12.6. The van der Waals surface area contributed by atoms with Crippen LogP contribution in [0.2, 0.25) is 0 Å². The maximum atomic E-state index is 14.3. The summed E-state index contributed by atoms with van der Waals surface area (Å²) in [5.41, 5.74) is 4.38. The first-order valence-electron chi connectivity index (χ1n) is 12.6. The summed E-state index contributed by atoms with van der Waals surface area (Å²) < 4.78 is 8.11. The van der Waals surface area contributed by atoms with E-state index in [0.717, 1.165) is 42.1 Å². The number of nitrogens with one attached hydrogen (secondary N) is 1. The van der Waals surface area contributed by atoms with E-state index in [9.17, 15) is 4.79 Å². The minimum atomic E-state index is 0.0180. The number of hydrogen-bond acceptors (Lipinski definition) is 4. The standard InChI is InChI=1S/C30H32N4O2/c1-3-34-29(30(35)33-19-18-31-21-24(33)20-23-12-6-4-7-13-23)28(22(2)32-34)26-16-10-11-17-27(26)36-25-14-8-5-9-15-25/h4-17,24,31H,3,18-21H2,1-2H3. The normalized spacial score (nSPS) is 15.6. The number of ether oxygens (including phenoxy) is 1. The lowest BCUT2D eigenvalue weighted by atomic mass is 9.99. The summed E-state index contributed by atoms with van der Waals surface area (Å²) in [7, 11) is 0. The number of hydrogen-bond donors (Lipinski definition) is 1. The second-order valence-electron chi connectivity index (χ2n) is 9.08. The van der Waals surface area contributed by atoms with Gasteiger partial charge in [-0.15, -0.1) is 0 Å². The first kappa shape index (κ1) is 23.8. The molecule has 3 aromatic carbocycles. The molecule has 6 heteroatoms. The molecule has 1 amide bonds. The van der Waals surface area contributed by atoms with Crippen LogP contribution in [-0.4, -0.2) is 46.3 Å². The van der Waals surface area contributed by atoms with Crippen molar-refractivity contribution in [2.75, 3.05) is 19.6 Å². The van der Waals surface area contributed by atoms with E-state index in [2.05, 4.69) is 29.6 Å². The zero-order chi connectivity index (χ0) is 24.9. The molecule has 1 unspecified atom stereocenters. The van der Waals surface area contributed by atoms with Crippen molar-refractivity contribution in [3.05, 3.63) is 102 Å². The van der Waals surface area contributed by atoms with Crippen molar-refractivity contribution in [2.24, 2.45) is 0 Å². The van der Waals surface area contributed by atoms with Crippen LogP contribution in [0.4, 0.5) is 0 Å². The van der Waals surface area contributed by atoms with Crippen molar-refractivity contribution in [1.29, 1.82) is 0 Å². The molecule has 1 atom stereocenters. The van der Waals surface area contributed by atoms with E-state index >= 15 is 0 Å². The zero-order valence-electron chi connectivity index (χ0n) is 20.9. The van der Waals surface area contributed by atoms with Gasteiger partial charge in [0.1, 0.15) is 17.2 Å². The van der Waals surface area contributed by atoms with Gasteiger partial charge in [-0.05, 0) is 44.0 Å². The molecule has 5 rings (SSSR count). The Balaban J connectivity index is 1.54. The van der Waals surface area contributed by atoms with Crippen LogP contribution < -0.4 is 10.1 Å². The molecule has 0 spiro atoms. The molecular weight excluding hydrogens is 448 g/mol. The predicted molar refractivity (Wildman–Crippen MR) is 142 cm³/mol. The van der Waals surface area contributed by atoms with E-state index in [0.29, 0.717) is 24.5 Å². The number of benzene rings is 3. The number of piperazine rings is 1. The Morgan fingerprint density at radius 2 is 1.69 bits per heavy atom. The topological polar surface area (TPSA) is 59.4 Å². The van der Waals surface area contributed by atoms with E-state index < -0.39 is 0 Å². The SMILES string of the molecule is CCn1nc(C)c(-c2ccccc2Oc2ccccc2)c1C(=O)N1CCNCC1Cc1ccccc1. The fourth-order valence-electron chi connectivity index (χ4n) is 4.96. The smallest absolute Gasteiger partial charge is 0.273 e. The van der Waals surface area contributed by atoms with E-state index in [-0.39, 0.29) is 11.9 Å². The molecule has 0 saturated carbocycles. The molecule has 1 saturated heterocycles. The molecule has 1 N–H and O–H groups in total. The lowest BCUT2D eigenvalue weighted by molar-refractivity contribution is 0.0624. The quantitative estimate of drug-likeness (QED) is 0.389. The average Bonchev–Trinajstić information content (AvgIpc) is 3.26. The van der Waals surface area contributed by atoms with Gasteiger partial charge < -0.3 is 15.0 Å². The Kier molecular flexibility index (Phi) is 7.14. The number of carbonyl (C=O) groups is 1. The van der Waals surface area contributed by atoms with Crippen LogP contribution in [0.15, 0.2) is 84.9 Å². The molecule has 36 heavy (non-hydrogen) atoms. The fraction of sp³-hybridized carbons (Fsp3) is 0.267. The van der Waals surface area contributed by atoms with Gasteiger partial charge in [0.15, 0.2) is 0 Å². The summed E-state index contributed by atoms with van der Waals surface area (Å²) in [5, 5.41) is 8.25. The highest BCUT2D eigenvalue weighted by molar-refractivity contribution is 6.01. The monoisotopic (exact) mass is 480 g/mol. The highest BCUT2D eigenvalue weighted by Gasteiger charge is 2.33. The lowest BCUT2D eigenvalue weighted by Crippen LogP contribution is -2.54. The first-order chi connectivity index (χ1) is 17.7. The van der Waals surface area contributed by atoms with Gasteiger partial charge in [-0.3, -0.25) is 9.48 Å². The molecule has 0 bridgehead atoms. The van der Waals surface area contributed by atoms with Crippen LogP contribution in [0.1, 0.15) is 28.7 Å². The van der Waals surface area contributed by atoms with Crippen molar-refractivity contribution in [2.45, 2.75) is 32.9 Å². The number of aryl methyl sites for hydroxylation is 2. The van der Waals surface area contributed by atoms with Gasteiger partial charge in [0, 0.05) is 43.3 Å². The van der Waals surface area contributed by atoms with Crippen LogP contribution >= 0.6 is 0 Å². The van der Waals surface area contributed by atoms with Crippen LogP contribution in [0, 0.1) is 6.92 Å². The summed E-state index contributed by atoms with van der Waals surface area (Å²) in [4.78, 5) is 16.3. The predicted octanol–water partition coefficient (Wildman–Crippen LogP) is 5.33. The van der Waals surface area contributed by atoms with Crippen molar-refractivity contribution in [3.63, 3.8) is 0 Å². The summed E-state index contributed by atoms with van der Waals surface area (Å²) in [6.07, 6.45) is 0.807. The number of aromatic nitrogens is 2. The van der Waals surface area contributed by atoms with Crippen molar-refractivity contribution >= 4 is 5.91 Å². The van der Waals surface area contributed by atoms with Gasteiger partial charge in [-0.25, -0.2) is 0 Å². The Hall–Kier alpha value is -3.90. The minimum Gasteiger partial charge on any atom is -0.457 e. The molecule has 184 valence electrons. The Morgan fingerprint density at radius 3 is 2.44 bits per heavy atom. The van der Waals surface area contributed by atoms with Crippen molar-refractivity contribution < 1.29 is 9.53 Å². The third-order valence-corrected chi connectivity index (χ3v) is 6.68. The minimum absolute atomic E-state index is 0.0180. The number of amides is 1. The van der Waals surface area contributed by atoms with Gasteiger partial charge in [-0.1, -0.05) is 66.7 Å². The van der Waals surface area contributed by atoms with Gasteiger partial charge in [0.2, 0.25) is 0 Å². The Labute approximate surface area is 212 Å². The van der Waals surface area contributed by atoms with Gasteiger partial charge >= 0.3 is 0 Å². The van der Waals surface area contributed by atoms with E-state index in [1.165, 1.54) is 5.56 Å². The Morgan fingerprint density at radius 1 is 1.00 bits per heavy atom. The summed E-state index contributed by atoms with van der Waals surface area (Å²) in [6.45, 7) is 6.81. The molecule has 2 heterocycles. The summed E-state index contributed by atoms with van der Waals surface area (Å²) >= 11 is 0. The van der Waals surface area contributed by atoms with Crippen LogP contribution in [0.5, 0.6) is 11.5 Å². The fourth-order valence-corrected chi connectivity index (χ4v) is 4.96. The highest BCUT2D eigenvalue weighted by Crippen LogP contribution is 2.37. The van der Waals surface area contributed by atoms with Crippen LogP contribution in [0.25, 0.3) is 11.1 Å².